The van der Waals surface area contributed by atoms with E-state index < -0.39 is 6.85 Å². The maximum Gasteiger partial charge on any atom is 0.121 e. The van der Waals surface area contributed by atoms with Crippen LogP contribution in [0.4, 0.5) is 0 Å². The number of pyridine rings is 1. The summed E-state index contributed by atoms with van der Waals surface area (Å²) in [6.07, 6.45) is 1.88. The average Bonchev–Trinajstić information content (AvgIpc) is 4.10. The number of aromatic nitrogens is 3. The van der Waals surface area contributed by atoms with E-state index in [1.165, 1.54) is 39.1 Å². The summed E-state index contributed by atoms with van der Waals surface area (Å²) >= 11 is 0. The van der Waals surface area contributed by atoms with Gasteiger partial charge < -0.3 is 14.0 Å². The number of para-hydroxylation sites is 2. The fourth-order valence-electron chi connectivity index (χ4n) is 10.1. The molecule has 0 unspecified atom stereocenters. The zero-order valence-corrected chi connectivity index (χ0v) is 46.3. The van der Waals surface area contributed by atoms with Gasteiger partial charge in [0.15, 0.2) is 0 Å². The molecule has 3 aromatic heterocycles. The fourth-order valence-corrected chi connectivity index (χ4v) is 10.1. The van der Waals surface area contributed by atoms with Crippen molar-refractivity contribution in [3.8, 4) is 72.8 Å². The zero-order chi connectivity index (χ0) is 54.3. The van der Waals surface area contributed by atoms with Gasteiger partial charge in [0.2, 0.25) is 0 Å². The minimum atomic E-state index is -2.19. The van der Waals surface area contributed by atoms with Crippen molar-refractivity contribution in [1.29, 1.82) is 0 Å². The van der Waals surface area contributed by atoms with Gasteiger partial charge in [-0.05, 0) is 109 Å². The van der Waals surface area contributed by atoms with Gasteiger partial charge in [-0.25, -0.2) is 0 Å². The minimum absolute atomic E-state index is 0. The molecule has 9 aromatic carbocycles. The number of rotatable bonds is 9. The van der Waals surface area contributed by atoms with Crippen molar-refractivity contribution in [2.24, 2.45) is 0 Å². The van der Waals surface area contributed by atoms with Crippen molar-refractivity contribution >= 4 is 33.0 Å². The van der Waals surface area contributed by atoms with Gasteiger partial charge in [-0.3, -0.25) is 4.98 Å². The molecule has 0 saturated carbocycles. The summed E-state index contributed by atoms with van der Waals surface area (Å²) in [5.74, 6) is 1.35. The Morgan fingerprint density at radius 2 is 1.14 bits per heavy atom. The third kappa shape index (κ3) is 10.3. The molecule has 0 N–H and O–H groups in total. The number of hydrogen-bond acceptors (Lipinski definition) is 3. The van der Waals surface area contributed by atoms with Gasteiger partial charge in [-0.1, -0.05) is 223 Å². The molecule has 5 heteroatoms. The van der Waals surface area contributed by atoms with E-state index in [1.54, 1.807) is 6.07 Å². The molecule has 0 spiro atoms. The van der Waals surface area contributed by atoms with Crippen molar-refractivity contribution in [3.63, 3.8) is 0 Å². The van der Waals surface area contributed by atoms with Crippen LogP contribution in [-0.2, 0) is 25.5 Å². The summed E-state index contributed by atoms with van der Waals surface area (Å²) in [5, 5.41) is 2.14. The summed E-state index contributed by atoms with van der Waals surface area (Å²) in [7, 11) is 0. The number of furan rings is 1. The number of hydrogen-bond donors (Lipinski definition) is 0. The Kier molecular flexibility index (Phi) is 13.6. The summed E-state index contributed by atoms with van der Waals surface area (Å²) in [6, 6.07) is 77.6. The molecule has 4 nitrogen and oxygen atoms in total. The van der Waals surface area contributed by atoms with Gasteiger partial charge in [0.25, 0.3) is 0 Å². The van der Waals surface area contributed by atoms with Gasteiger partial charge in [-0.2, -0.15) is 0 Å². The minimum Gasteiger partial charge on any atom is -0.501 e. The van der Waals surface area contributed by atoms with Gasteiger partial charge >= 0.3 is 0 Å². The molecule has 0 amide bonds. The second-order valence-electron chi connectivity index (χ2n) is 21.0. The predicted molar refractivity (Wildman–Crippen MR) is 314 cm³/mol. The van der Waals surface area contributed by atoms with Crippen LogP contribution in [0.3, 0.4) is 0 Å². The first-order valence-corrected chi connectivity index (χ1v) is 25.9. The quantitative estimate of drug-likeness (QED) is 0.135. The second kappa shape index (κ2) is 21.7. The molecule has 1 radical (unpaired) electrons. The van der Waals surface area contributed by atoms with Crippen molar-refractivity contribution < 1.29 is 28.6 Å². The van der Waals surface area contributed by atoms with Gasteiger partial charge in [-0.15, -0.1) is 47.5 Å². The van der Waals surface area contributed by atoms with E-state index in [9.17, 15) is 0 Å². The van der Waals surface area contributed by atoms with Crippen LogP contribution in [0.5, 0.6) is 0 Å². The molecule has 0 fully saturated rings. The Morgan fingerprint density at radius 1 is 0.566 bits per heavy atom. The first-order valence-electron chi connectivity index (χ1n) is 27.4. The number of fused-ring (bicyclic) bond motifs is 4. The molecule has 0 atom stereocenters. The first kappa shape index (κ1) is 47.7. The van der Waals surface area contributed by atoms with Crippen LogP contribution in [0.1, 0.15) is 86.7 Å². The van der Waals surface area contributed by atoms with E-state index >= 15 is 0 Å². The zero-order valence-electron chi connectivity index (χ0n) is 46.9. The Hall–Kier alpha value is -7.95. The van der Waals surface area contributed by atoms with Crippen LogP contribution in [0.15, 0.2) is 217 Å². The summed E-state index contributed by atoms with van der Waals surface area (Å²) in [6.45, 7) is 13.4. The molecule has 12 aromatic rings. The van der Waals surface area contributed by atoms with Crippen molar-refractivity contribution in [1.82, 2.24) is 14.5 Å². The van der Waals surface area contributed by atoms with Crippen LogP contribution in [0.2, 0.25) is 0 Å². The first-order chi connectivity index (χ1) is 37.6. The average molecular weight is 1170 g/mol. The van der Waals surface area contributed by atoms with Crippen LogP contribution in [0, 0.1) is 19.0 Å². The number of benzene rings is 9. The van der Waals surface area contributed by atoms with E-state index in [-0.39, 0.29) is 37.4 Å². The number of imidazole rings is 1. The summed E-state index contributed by atoms with van der Waals surface area (Å²) < 4.78 is 32.6. The molecule has 0 aliphatic heterocycles. The molecular formula is C71H61IrN3O-2. The van der Waals surface area contributed by atoms with E-state index in [2.05, 4.69) is 216 Å². The standard InChI is InChI=1S/C49H39N2O.C22H22N.Ir/c1-31(2)42-28-38(36-24-22-35(23-25-36)33-14-7-5-8-15-33)29-43(32(3)4)47(42)51-45-21-12-11-20-44(45)50-49(51)41-19-13-18-40-39-27-26-37(30-46(39)52-48(40)41)34-16-9-6-10-17-34;1-16-10-11-18(14-20(16)17-8-6-5-7-9-17)21-13-12-19(15-23-21)22(2,3)4;/h5-18,20-32H,1-4H3;5-10,12-15H,1-4H3;/q2*-1;/i;1D3;. The molecule has 0 saturated heterocycles. The number of nitrogens with zero attached hydrogens (tertiary/aromatic N) is 3. The SMILES string of the molecule is CC(C)c1cc(-c2ccc(-c3ccccc3)cc2)cc(C(C)C)c1-n1c(-c2[c-]ccc3c2oc2cc(-c4ccccc4)ccc23)nc2ccccc21.[2H]C([2H])([2H])c1c[c-]c(-c2ccc(C(C)(C)C)cn2)cc1-c1ccccc1.[Ir]. The molecule has 377 valence electrons. The predicted octanol–water partition coefficient (Wildman–Crippen LogP) is 19.5. The van der Waals surface area contributed by atoms with Crippen molar-refractivity contribution in [2.75, 3.05) is 0 Å². The molecular weight excluding hydrogens is 1100 g/mol. The van der Waals surface area contributed by atoms with E-state index in [1.807, 2.05) is 60.8 Å². The van der Waals surface area contributed by atoms with Crippen LogP contribution in [0.25, 0.3) is 106 Å². The van der Waals surface area contributed by atoms with Gasteiger partial charge in [0.05, 0.1) is 22.4 Å². The Balaban J connectivity index is 0.000000220. The van der Waals surface area contributed by atoms with E-state index in [0.717, 1.165) is 77.9 Å². The maximum absolute atomic E-state index is 7.83. The monoisotopic (exact) mass is 1170 g/mol. The largest absolute Gasteiger partial charge is 0.501 e. The normalized spacial score (nSPS) is 12.3. The van der Waals surface area contributed by atoms with Crippen LogP contribution in [-0.4, -0.2) is 14.5 Å². The molecule has 12 rings (SSSR count). The third-order valence-corrected chi connectivity index (χ3v) is 14.2. The topological polar surface area (TPSA) is 43.9 Å². The van der Waals surface area contributed by atoms with E-state index in [0.29, 0.717) is 11.1 Å². The van der Waals surface area contributed by atoms with Crippen molar-refractivity contribution in [2.45, 2.75) is 72.6 Å². The Morgan fingerprint density at radius 3 is 1.75 bits per heavy atom. The molecule has 0 aliphatic carbocycles. The smallest absolute Gasteiger partial charge is 0.121 e. The van der Waals surface area contributed by atoms with Crippen LogP contribution >= 0.6 is 0 Å². The second-order valence-corrected chi connectivity index (χ2v) is 21.0. The van der Waals surface area contributed by atoms with Crippen LogP contribution < -0.4 is 0 Å². The Labute approximate surface area is 465 Å². The summed E-state index contributed by atoms with van der Waals surface area (Å²) in [4.78, 5) is 9.91. The molecule has 0 bridgehead atoms. The third-order valence-electron chi connectivity index (χ3n) is 14.2. The molecule has 3 heterocycles. The molecule has 76 heavy (non-hydrogen) atoms. The Bertz CT molecular complexity index is 4050. The summed E-state index contributed by atoms with van der Waals surface area (Å²) in [5.41, 5.74) is 20.1. The van der Waals surface area contributed by atoms with E-state index in [4.69, 9.17) is 13.5 Å². The molecule has 0 aliphatic rings. The van der Waals surface area contributed by atoms with Gasteiger partial charge in [0.1, 0.15) is 5.58 Å². The number of aryl methyl sites for hydroxylation is 1. The fraction of sp³-hybridized carbons (Fsp3) is 0.155. The van der Waals surface area contributed by atoms with Gasteiger partial charge in [0, 0.05) is 41.5 Å². The maximum atomic E-state index is 7.83. The van der Waals surface area contributed by atoms with Crippen molar-refractivity contribution in [3.05, 3.63) is 247 Å².